The summed E-state index contributed by atoms with van der Waals surface area (Å²) in [6.07, 6.45) is 32.5. The van der Waals surface area contributed by atoms with Gasteiger partial charge >= 0.3 is 23.9 Å². The van der Waals surface area contributed by atoms with E-state index in [4.69, 9.17) is 18.9 Å². The Bertz CT molecular complexity index is 1490. The molecule has 5 aliphatic rings. The van der Waals surface area contributed by atoms with Gasteiger partial charge in [0.1, 0.15) is 0 Å². The quantitative estimate of drug-likeness (QED) is 0.147. The van der Waals surface area contributed by atoms with Crippen molar-refractivity contribution in [2.75, 3.05) is 26.4 Å². The van der Waals surface area contributed by atoms with Gasteiger partial charge in [-0.25, -0.2) is 0 Å². The molecule has 4 aliphatic heterocycles. The molecule has 62 heavy (non-hydrogen) atoms. The molecule has 2 fully saturated rings. The first kappa shape index (κ1) is 49.1. The van der Waals surface area contributed by atoms with Gasteiger partial charge in [-0.15, -0.1) is 0 Å². The first-order valence-corrected chi connectivity index (χ1v) is 25.0. The molecule has 0 amide bonds. The van der Waals surface area contributed by atoms with Gasteiger partial charge in [-0.05, 0) is 86.5 Å². The fourth-order valence-electron chi connectivity index (χ4n) is 9.56. The summed E-state index contributed by atoms with van der Waals surface area (Å²) in [5, 5.41) is 0. The average molecular weight is 855 g/mol. The largest absolute Gasteiger partial charge is 0.466 e. The molecule has 2 aromatic rings. The number of cyclic esters (lactones) is 2. The number of fused-ring (bicyclic) bond motifs is 3. The summed E-state index contributed by atoms with van der Waals surface area (Å²) in [5.74, 6) is -2.75. The molecule has 4 heterocycles. The van der Waals surface area contributed by atoms with E-state index in [1.54, 1.807) is 0 Å². The van der Waals surface area contributed by atoms with Gasteiger partial charge in [-0.1, -0.05) is 163 Å². The fraction of sp³-hybridized carbons (Fsp3) is 0.667. The molecule has 0 radical (unpaired) electrons. The second kappa shape index (κ2) is 29.4. The zero-order valence-electron chi connectivity index (χ0n) is 38.0. The van der Waals surface area contributed by atoms with E-state index in [-0.39, 0.29) is 35.7 Å². The van der Waals surface area contributed by atoms with E-state index in [1.165, 1.54) is 88.2 Å². The van der Waals surface area contributed by atoms with Crippen molar-refractivity contribution in [3.05, 3.63) is 82.9 Å². The lowest BCUT2D eigenvalue weighted by Crippen LogP contribution is -2.52. The first-order valence-electron chi connectivity index (χ1n) is 25.0. The number of carbonyl (C=O) groups is 4. The second-order valence-electron chi connectivity index (χ2n) is 18.2. The molecule has 1 saturated carbocycles. The van der Waals surface area contributed by atoms with E-state index in [0.29, 0.717) is 52.1 Å². The van der Waals surface area contributed by atoms with Gasteiger partial charge < -0.3 is 18.9 Å². The van der Waals surface area contributed by atoms with Crippen LogP contribution in [-0.2, 0) is 51.0 Å². The lowest BCUT2D eigenvalue weighted by atomic mass is 9.52. The molecule has 1 aliphatic carbocycles. The molecule has 4 atom stereocenters. The van der Waals surface area contributed by atoms with Crippen LogP contribution in [0.2, 0.25) is 0 Å². The fourth-order valence-corrected chi connectivity index (χ4v) is 9.56. The summed E-state index contributed by atoms with van der Waals surface area (Å²) in [5.41, 5.74) is 4.42. The Kier molecular flexibility index (Phi) is 23.3. The molecule has 0 unspecified atom stereocenters. The van der Waals surface area contributed by atoms with Crippen LogP contribution in [0.15, 0.2) is 60.7 Å². The Labute approximate surface area is 373 Å². The zero-order valence-corrected chi connectivity index (χ0v) is 38.0. The SMILES string of the molecule is O=C1CC/C=C\CCC(=O)OCCCCc2ccc(cc2)[C@H]2[C@@H]3C(=O)OCCCCCCCCCCCCCCCCCCCCOC(=O)[C@@H]3[C@H]2c2ccc(cc2)CCCCO1. The maximum atomic E-state index is 14.2. The summed E-state index contributed by atoms with van der Waals surface area (Å²) >= 11 is 0. The second-order valence-corrected chi connectivity index (χ2v) is 18.2. The Morgan fingerprint density at radius 2 is 0.597 bits per heavy atom. The summed E-state index contributed by atoms with van der Waals surface area (Å²) < 4.78 is 23.0. The third-order valence-corrected chi connectivity index (χ3v) is 13.3. The highest BCUT2D eigenvalue weighted by molar-refractivity contribution is 5.87. The first-order chi connectivity index (χ1) is 30.5. The van der Waals surface area contributed by atoms with Gasteiger partial charge in [-0.2, -0.15) is 0 Å². The molecular formula is C54H78O8. The maximum absolute atomic E-state index is 14.2. The molecule has 8 heteroatoms. The van der Waals surface area contributed by atoms with Crippen molar-refractivity contribution in [1.29, 1.82) is 0 Å². The molecule has 7 rings (SSSR count). The third kappa shape index (κ3) is 17.7. The number of rotatable bonds is 0. The van der Waals surface area contributed by atoms with E-state index in [9.17, 15) is 19.2 Å². The van der Waals surface area contributed by atoms with E-state index in [1.807, 2.05) is 12.2 Å². The number of hydrogen-bond acceptors (Lipinski definition) is 8. The lowest BCUT2D eigenvalue weighted by Gasteiger charge is -2.49. The standard InChI is InChI=1S/C54H78O8/c55-47-29-19-15-16-20-30-48(56)60-40-26-22-28-44-33-37-46(38-34-44)50-49(45-35-31-43(32-36-45)27-21-25-39-59-47)51-52(50)54(58)62-42-24-18-14-12-10-8-6-4-2-1-3-5-7-9-11-13-17-23-41-61-53(51)57/h15-16,31-38,49-52H,1-14,17-30,39-42H2/b16-15-/t49-,50+,51+,52-. The number of esters is 4. The minimum atomic E-state index is -0.634. The average Bonchev–Trinajstić information content (AvgIpc) is 3.26. The third-order valence-electron chi connectivity index (χ3n) is 13.3. The molecule has 0 spiro atoms. The van der Waals surface area contributed by atoms with Gasteiger partial charge in [0.05, 0.1) is 38.3 Å². The predicted octanol–water partition coefficient (Wildman–Crippen LogP) is 12.8. The van der Waals surface area contributed by atoms with Gasteiger partial charge in [0.2, 0.25) is 0 Å². The molecule has 8 nitrogen and oxygen atoms in total. The van der Waals surface area contributed by atoms with E-state index >= 15 is 0 Å². The Morgan fingerprint density at radius 1 is 0.306 bits per heavy atom. The van der Waals surface area contributed by atoms with Gasteiger partial charge in [0.15, 0.2) is 0 Å². The Hall–Kier alpha value is -3.94. The van der Waals surface area contributed by atoms with Crippen LogP contribution in [0.4, 0.5) is 0 Å². The predicted molar refractivity (Wildman–Crippen MR) is 246 cm³/mol. The van der Waals surface area contributed by atoms with Gasteiger partial charge in [0.25, 0.3) is 0 Å². The number of aryl methyl sites for hydroxylation is 2. The minimum Gasteiger partial charge on any atom is -0.466 e. The topological polar surface area (TPSA) is 105 Å². The summed E-state index contributed by atoms with van der Waals surface area (Å²) in [4.78, 5) is 52.9. The number of benzene rings is 2. The smallest absolute Gasteiger partial charge is 0.310 e. The van der Waals surface area contributed by atoms with Crippen molar-refractivity contribution in [3.63, 3.8) is 0 Å². The maximum Gasteiger partial charge on any atom is 0.310 e. The van der Waals surface area contributed by atoms with Crippen molar-refractivity contribution >= 4 is 23.9 Å². The molecule has 1 saturated heterocycles. The van der Waals surface area contributed by atoms with Crippen molar-refractivity contribution in [1.82, 2.24) is 0 Å². The van der Waals surface area contributed by atoms with Crippen molar-refractivity contribution in [2.45, 2.75) is 192 Å². The van der Waals surface area contributed by atoms with Crippen LogP contribution < -0.4 is 0 Å². The van der Waals surface area contributed by atoms with Crippen LogP contribution >= 0.6 is 0 Å². The van der Waals surface area contributed by atoms with Crippen molar-refractivity contribution in [3.8, 4) is 0 Å². The highest BCUT2D eigenvalue weighted by atomic mass is 16.5. The number of carbonyl (C=O) groups excluding carboxylic acids is 4. The number of allylic oxidation sites excluding steroid dienone is 2. The Morgan fingerprint density at radius 3 is 0.935 bits per heavy atom. The normalized spacial score (nSPS) is 26.1. The summed E-state index contributed by atoms with van der Waals surface area (Å²) in [6, 6.07) is 17.1. The molecule has 4 bridgehead atoms. The number of ether oxygens (including phenoxy) is 4. The molecule has 0 N–H and O–H groups in total. The van der Waals surface area contributed by atoms with Crippen LogP contribution in [0, 0.1) is 11.8 Å². The van der Waals surface area contributed by atoms with Crippen molar-refractivity contribution in [2.24, 2.45) is 11.8 Å². The lowest BCUT2D eigenvalue weighted by molar-refractivity contribution is -0.172. The number of hydrogen-bond donors (Lipinski definition) is 0. The van der Waals surface area contributed by atoms with Gasteiger partial charge in [-0.3, -0.25) is 19.2 Å². The Balaban J connectivity index is 1.31. The van der Waals surface area contributed by atoms with E-state index < -0.39 is 11.8 Å². The van der Waals surface area contributed by atoms with E-state index in [2.05, 4.69) is 48.5 Å². The van der Waals surface area contributed by atoms with Crippen LogP contribution in [0.5, 0.6) is 0 Å². The van der Waals surface area contributed by atoms with Crippen LogP contribution in [0.25, 0.3) is 0 Å². The highest BCUT2D eigenvalue weighted by Crippen LogP contribution is 2.58. The van der Waals surface area contributed by atoms with Crippen molar-refractivity contribution < 1.29 is 38.1 Å². The minimum absolute atomic E-state index is 0.209. The summed E-state index contributed by atoms with van der Waals surface area (Å²) in [6.45, 7) is 1.51. The highest BCUT2D eigenvalue weighted by Gasteiger charge is 2.59. The van der Waals surface area contributed by atoms with Crippen LogP contribution in [0.3, 0.4) is 0 Å². The molecule has 2 aromatic carbocycles. The van der Waals surface area contributed by atoms with E-state index in [0.717, 1.165) is 88.2 Å². The van der Waals surface area contributed by atoms with Crippen LogP contribution in [-0.4, -0.2) is 50.3 Å². The summed E-state index contributed by atoms with van der Waals surface area (Å²) in [7, 11) is 0. The molecular weight excluding hydrogens is 777 g/mol. The molecule has 342 valence electrons. The monoisotopic (exact) mass is 855 g/mol. The zero-order chi connectivity index (χ0) is 43.5. The molecule has 0 aromatic heterocycles. The van der Waals surface area contributed by atoms with Crippen LogP contribution in [0.1, 0.15) is 201 Å². The van der Waals surface area contributed by atoms with Gasteiger partial charge in [0, 0.05) is 24.7 Å².